The van der Waals surface area contributed by atoms with Gasteiger partial charge in [-0.2, -0.15) is 0 Å². The smallest absolute Gasteiger partial charge is 0.337 e. The number of ether oxygens (including phenoxy) is 1. The quantitative estimate of drug-likeness (QED) is 0.727. The number of hydrogen-bond acceptors (Lipinski definition) is 2. The predicted molar refractivity (Wildman–Crippen MR) is 45.7 cm³/mol. The lowest BCUT2D eigenvalue weighted by atomic mass is 10.1. The molecule has 1 aliphatic heterocycles. The second-order valence-corrected chi connectivity index (χ2v) is 3.13. The van der Waals surface area contributed by atoms with Gasteiger partial charge in [0.25, 0.3) is 0 Å². The number of hydrogen-bond donors (Lipinski definition) is 2. The van der Waals surface area contributed by atoms with Gasteiger partial charge in [0.05, 0.1) is 11.7 Å². The number of nitrogens with one attached hydrogen (secondary N) is 1. The summed E-state index contributed by atoms with van der Waals surface area (Å²) in [5.41, 5.74) is 1.09. The zero-order chi connectivity index (χ0) is 9.26. The highest BCUT2D eigenvalue weighted by atomic mass is 16.5. The van der Waals surface area contributed by atoms with Gasteiger partial charge in [0.2, 0.25) is 0 Å². The maximum Gasteiger partial charge on any atom is 0.337 e. The molecule has 1 fully saturated rings. The second-order valence-electron chi connectivity index (χ2n) is 3.13. The summed E-state index contributed by atoms with van der Waals surface area (Å²) in [5, 5.41) is 8.84. The van der Waals surface area contributed by atoms with Crippen molar-refractivity contribution in [2.75, 3.05) is 6.61 Å². The van der Waals surface area contributed by atoms with Gasteiger partial charge in [0.1, 0.15) is 0 Å². The molecule has 1 atom stereocenters. The summed E-state index contributed by atoms with van der Waals surface area (Å²) < 4.78 is 5.40. The third kappa shape index (κ3) is 1.45. The van der Waals surface area contributed by atoms with E-state index in [0.29, 0.717) is 5.56 Å². The lowest BCUT2D eigenvalue weighted by Gasteiger charge is -2.07. The third-order valence-corrected chi connectivity index (χ3v) is 2.28. The monoisotopic (exact) mass is 181 g/mol. The fourth-order valence-corrected chi connectivity index (χ4v) is 1.65. The van der Waals surface area contributed by atoms with Crippen LogP contribution in [0.2, 0.25) is 0 Å². The van der Waals surface area contributed by atoms with Crippen LogP contribution in [0.25, 0.3) is 0 Å². The van der Waals surface area contributed by atoms with Gasteiger partial charge in [0, 0.05) is 24.6 Å². The van der Waals surface area contributed by atoms with Crippen LogP contribution in [0.15, 0.2) is 12.4 Å². The Hall–Kier alpha value is -1.29. The zero-order valence-electron chi connectivity index (χ0n) is 7.12. The molecule has 1 aromatic rings. The van der Waals surface area contributed by atoms with Crippen LogP contribution in [-0.4, -0.2) is 22.7 Å². The van der Waals surface area contributed by atoms with Crippen LogP contribution in [0.1, 0.15) is 34.9 Å². The first kappa shape index (κ1) is 8.31. The van der Waals surface area contributed by atoms with Gasteiger partial charge in [-0.05, 0) is 12.8 Å². The minimum absolute atomic E-state index is 0.0302. The van der Waals surface area contributed by atoms with Crippen LogP contribution in [0, 0.1) is 0 Å². The minimum atomic E-state index is -0.897. The Morgan fingerprint density at radius 3 is 3.08 bits per heavy atom. The van der Waals surface area contributed by atoms with Crippen LogP contribution < -0.4 is 0 Å². The molecule has 2 rings (SSSR count). The topological polar surface area (TPSA) is 62.3 Å². The average molecular weight is 181 g/mol. The Labute approximate surface area is 75.5 Å². The Balaban J connectivity index is 2.28. The molecule has 70 valence electrons. The molecule has 0 spiro atoms. The number of H-pyrrole nitrogens is 1. The predicted octanol–water partition coefficient (Wildman–Crippen LogP) is 1.56. The standard InChI is InChI=1S/C9H11NO3/c11-9(12)7-5-10-4-6(7)8-2-1-3-13-8/h4-5,8,10H,1-3H2,(H,11,12). The first-order chi connectivity index (χ1) is 6.29. The number of aromatic nitrogens is 1. The van der Waals surface area contributed by atoms with E-state index in [1.807, 2.05) is 0 Å². The van der Waals surface area contributed by atoms with Gasteiger partial charge >= 0.3 is 5.97 Å². The van der Waals surface area contributed by atoms with Crippen molar-refractivity contribution in [2.45, 2.75) is 18.9 Å². The van der Waals surface area contributed by atoms with E-state index in [-0.39, 0.29) is 6.10 Å². The minimum Gasteiger partial charge on any atom is -0.478 e. The van der Waals surface area contributed by atoms with Crippen molar-refractivity contribution >= 4 is 5.97 Å². The van der Waals surface area contributed by atoms with Crippen molar-refractivity contribution in [3.8, 4) is 0 Å². The third-order valence-electron chi connectivity index (χ3n) is 2.28. The number of carboxylic acid groups (broad SMARTS) is 1. The molecule has 1 saturated heterocycles. The molecule has 1 aliphatic rings. The molecule has 0 radical (unpaired) electrons. The summed E-state index contributed by atoms with van der Waals surface area (Å²) in [6.45, 7) is 0.731. The molecule has 0 amide bonds. The van der Waals surface area contributed by atoms with Crippen LogP contribution >= 0.6 is 0 Å². The number of aromatic carboxylic acids is 1. The fraction of sp³-hybridized carbons (Fsp3) is 0.444. The number of carboxylic acids is 1. The summed E-state index contributed by atoms with van der Waals surface area (Å²) >= 11 is 0. The van der Waals surface area contributed by atoms with Crippen molar-refractivity contribution < 1.29 is 14.6 Å². The first-order valence-electron chi connectivity index (χ1n) is 4.30. The highest BCUT2D eigenvalue weighted by Crippen LogP contribution is 2.30. The van der Waals surface area contributed by atoms with Crippen molar-refractivity contribution in [3.63, 3.8) is 0 Å². The molecule has 2 N–H and O–H groups in total. The first-order valence-corrected chi connectivity index (χ1v) is 4.30. The Morgan fingerprint density at radius 2 is 2.46 bits per heavy atom. The molecule has 13 heavy (non-hydrogen) atoms. The van der Waals surface area contributed by atoms with Crippen LogP contribution in [-0.2, 0) is 4.74 Å². The molecular weight excluding hydrogens is 170 g/mol. The Morgan fingerprint density at radius 1 is 1.62 bits per heavy atom. The van der Waals surface area contributed by atoms with Gasteiger partial charge in [-0.25, -0.2) is 4.79 Å². The van der Waals surface area contributed by atoms with Gasteiger partial charge in [-0.3, -0.25) is 0 Å². The molecule has 0 bridgehead atoms. The largest absolute Gasteiger partial charge is 0.478 e. The summed E-state index contributed by atoms with van der Waals surface area (Å²) in [7, 11) is 0. The molecule has 1 aromatic heterocycles. The number of aromatic amines is 1. The maximum absolute atomic E-state index is 10.8. The lowest BCUT2D eigenvalue weighted by Crippen LogP contribution is -2.03. The van der Waals surface area contributed by atoms with Crippen LogP contribution in [0.5, 0.6) is 0 Å². The number of rotatable bonds is 2. The molecular formula is C9H11NO3. The van der Waals surface area contributed by atoms with Crippen LogP contribution in [0.3, 0.4) is 0 Å². The second kappa shape index (κ2) is 3.22. The van der Waals surface area contributed by atoms with E-state index in [1.54, 1.807) is 6.20 Å². The van der Waals surface area contributed by atoms with E-state index >= 15 is 0 Å². The van der Waals surface area contributed by atoms with Crippen molar-refractivity contribution in [3.05, 3.63) is 23.5 Å². The van der Waals surface area contributed by atoms with Crippen molar-refractivity contribution in [1.29, 1.82) is 0 Å². The SMILES string of the molecule is O=C(O)c1c[nH]cc1C1CCCO1. The molecule has 4 nitrogen and oxygen atoms in total. The summed E-state index contributed by atoms with van der Waals surface area (Å²) in [6.07, 6.45) is 5.10. The van der Waals surface area contributed by atoms with Crippen LogP contribution in [0.4, 0.5) is 0 Å². The van der Waals surface area contributed by atoms with Crippen molar-refractivity contribution in [2.24, 2.45) is 0 Å². The van der Waals surface area contributed by atoms with Gasteiger partial charge < -0.3 is 14.8 Å². The van der Waals surface area contributed by atoms with E-state index in [2.05, 4.69) is 4.98 Å². The van der Waals surface area contributed by atoms with E-state index in [9.17, 15) is 4.79 Å². The summed E-state index contributed by atoms with van der Waals surface area (Å²) in [5.74, 6) is -0.897. The molecule has 2 heterocycles. The highest BCUT2D eigenvalue weighted by Gasteiger charge is 2.23. The Kier molecular flexibility index (Phi) is 2.06. The molecule has 4 heteroatoms. The summed E-state index contributed by atoms with van der Waals surface area (Å²) in [4.78, 5) is 13.6. The van der Waals surface area contributed by atoms with E-state index in [1.165, 1.54) is 6.20 Å². The summed E-state index contributed by atoms with van der Waals surface area (Å²) in [6, 6.07) is 0. The molecule has 0 aromatic carbocycles. The molecule has 1 unspecified atom stereocenters. The number of carbonyl (C=O) groups is 1. The lowest BCUT2D eigenvalue weighted by molar-refractivity contribution is 0.0683. The van der Waals surface area contributed by atoms with Gasteiger partial charge in [-0.15, -0.1) is 0 Å². The zero-order valence-corrected chi connectivity index (χ0v) is 7.12. The van der Waals surface area contributed by atoms with E-state index < -0.39 is 5.97 Å². The normalized spacial score (nSPS) is 22.0. The van der Waals surface area contributed by atoms with E-state index in [0.717, 1.165) is 25.0 Å². The average Bonchev–Trinajstić information content (AvgIpc) is 2.74. The van der Waals surface area contributed by atoms with Gasteiger partial charge in [-0.1, -0.05) is 0 Å². The maximum atomic E-state index is 10.8. The van der Waals surface area contributed by atoms with Gasteiger partial charge in [0.15, 0.2) is 0 Å². The highest BCUT2D eigenvalue weighted by molar-refractivity contribution is 5.89. The Bertz CT molecular complexity index is 312. The van der Waals surface area contributed by atoms with Crippen molar-refractivity contribution in [1.82, 2.24) is 4.98 Å². The van der Waals surface area contributed by atoms with E-state index in [4.69, 9.17) is 9.84 Å². The molecule has 0 saturated carbocycles. The fourth-order valence-electron chi connectivity index (χ4n) is 1.65. The molecule has 0 aliphatic carbocycles.